The van der Waals surface area contributed by atoms with Crippen LogP contribution in [0.2, 0.25) is 0 Å². The summed E-state index contributed by atoms with van der Waals surface area (Å²) in [4.78, 5) is 2.52. The smallest absolute Gasteiger partial charge is 0.165 e. The van der Waals surface area contributed by atoms with E-state index in [1.165, 1.54) is 31.6 Å². The Hall–Kier alpha value is -1.26. The van der Waals surface area contributed by atoms with Crippen LogP contribution in [0.25, 0.3) is 0 Å². The van der Waals surface area contributed by atoms with Crippen LogP contribution in [-0.2, 0) is 6.54 Å². The fourth-order valence-electron chi connectivity index (χ4n) is 3.05. The van der Waals surface area contributed by atoms with Crippen molar-refractivity contribution < 1.29 is 9.47 Å². The lowest BCUT2D eigenvalue weighted by molar-refractivity contribution is 0.169. The van der Waals surface area contributed by atoms with E-state index in [1.54, 1.807) is 0 Å². The van der Waals surface area contributed by atoms with E-state index in [1.807, 2.05) is 12.1 Å². The lowest BCUT2D eigenvalue weighted by atomic mass is 10.1. The van der Waals surface area contributed by atoms with Crippen LogP contribution in [0.5, 0.6) is 11.5 Å². The third-order valence-corrected chi connectivity index (χ3v) is 4.21. The van der Waals surface area contributed by atoms with Gasteiger partial charge in [0.2, 0.25) is 0 Å². The molecule has 0 aliphatic carbocycles. The van der Waals surface area contributed by atoms with E-state index >= 15 is 0 Å². The molecule has 2 heterocycles. The lowest BCUT2D eigenvalue weighted by Gasteiger charge is -2.21. The fourth-order valence-corrected chi connectivity index (χ4v) is 3.05. The SMILES string of the molecule is CCN1CC[C@H](CNCc2cccc3c2OCCO3)C1. The minimum atomic E-state index is 0.651. The van der Waals surface area contributed by atoms with Gasteiger partial charge >= 0.3 is 0 Å². The largest absolute Gasteiger partial charge is 0.486 e. The number of rotatable bonds is 5. The maximum absolute atomic E-state index is 5.74. The van der Waals surface area contributed by atoms with Gasteiger partial charge < -0.3 is 19.7 Å². The molecule has 2 aliphatic heterocycles. The maximum Gasteiger partial charge on any atom is 0.165 e. The van der Waals surface area contributed by atoms with Crippen molar-refractivity contribution in [2.24, 2.45) is 5.92 Å². The molecule has 0 unspecified atom stereocenters. The minimum Gasteiger partial charge on any atom is -0.486 e. The molecule has 1 saturated heterocycles. The van der Waals surface area contributed by atoms with Crippen molar-refractivity contribution in [1.82, 2.24) is 10.2 Å². The van der Waals surface area contributed by atoms with Crippen molar-refractivity contribution in [3.63, 3.8) is 0 Å². The summed E-state index contributed by atoms with van der Waals surface area (Å²) in [7, 11) is 0. The van der Waals surface area contributed by atoms with Crippen LogP contribution in [-0.4, -0.2) is 44.3 Å². The number of likely N-dealkylation sites (tertiary alicyclic amines) is 1. The average molecular weight is 276 g/mol. The highest BCUT2D eigenvalue weighted by molar-refractivity contribution is 5.47. The molecule has 110 valence electrons. The Morgan fingerprint density at radius 1 is 1.30 bits per heavy atom. The molecule has 4 nitrogen and oxygen atoms in total. The number of benzene rings is 1. The van der Waals surface area contributed by atoms with Gasteiger partial charge in [-0.25, -0.2) is 0 Å². The predicted molar refractivity (Wildman–Crippen MR) is 79.4 cm³/mol. The van der Waals surface area contributed by atoms with E-state index < -0.39 is 0 Å². The van der Waals surface area contributed by atoms with Gasteiger partial charge in [0.25, 0.3) is 0 Å². The van der Waals surface area contributed by atoms with E-state index in [0.29, 0.717) is 13.2 Å². The molecule has 3 rings (SSSR count). The normalized spacial score (nSPS) is 22.1. The van der Waals surface area contributed by atoms with Gasteiger partial charge in [0.05, 0.1) is 0 Å². The highest BCUT2D eigenvalue weighted by Gasteiger charge is 2.21. The highest BCUT2D eigenvalue weighted by Crippen LogP contribution is 2.33. The topological polar surface area (TPSA) is 33.7 Å². The third-order valence-electron chi connectivity index (χ3n) is 4.21. The summed E-state index contributed by atoms with van der Waals surface area (Å²) in [5.74, 6) is 2.59. The molecular formula is C16H24N2O2. The summed E-state index contributed by atoms with van der Waals surface area (Å²) in [5, 5.41) is 3.58. The second-order valence-corrected chi connectivity index (χ2v) is 5.62. The van der Waals surface area contributed by atoms with Gasteiger partial charge in [-0.3, -0.25) is 0 Å². The van der Waals surface area contributed by atoms with Gasteiger partial charge in [0.1, 0.15) is 13.2 Å². The molecule has 1 fully saturated rings. The van der Waals surface area contributed by atoms with Crippen LogP contribution >= 0.6 is 0 Å². The average Bonchev–Trinajstić information content (AvgIpc) is 2.95. The summed E-state index contributed by atoms with van der Waals surface area (Å²) in [6.45, 7) is 9.14. The Morgan fingerprint density at radius 2 is 2.20 bits per heavy atom. The van der Waals surface area contributed by atoms with Gasteiger partial charge in [-0.05, 0) is 38.0 Å². The summed E-state index contributed by atoms with van der Waals surface area (Å²) >= 11 is 0. The van der Waals surface area contributed by atoms with Crippen LogP contribution in [0.15, 0.2) is 18.2 Å². The van der Waals surface area contributed by atoms with Gasteiger partial charge in [-0.1, -0.05) is 19.1 Å². The Balaban J connectivity index is 1.52. The second kappa shape index (κ2) is 6.46. The first-order valence-corrected chi connectivity index (χ1v) is 7.67. The molecule has 0 spiro atoms. The Kier molecular flexibility index (Phi) is 4.43. The first-order valence-electron chi connectivity index (χ1n) is 7.67. The monoisotopic (exact) mass is 276 g/mol. The van der Waals surface area contributed by atoms with E-state index in [0.717, 1.165) is 30.5 Å². The third kappa shape index (κ3) is 3.07. The Bertz CT molecular complexity index is 450. The molecule has 1 N–H and O–H groups in total. The zero-order chi connectivity index (χ0) is 13.8. The predicted octanol–water partition coefficient (Wildman–Crippen LogP) is 1.89. The number of nitrogens with zero attached hydrogens (tertiary/aromatic N) is 1. The highest BCUT2D eigenvalue weighted by atomic mass is 16.6. The van der Waals surface area contributed by atoms with E-state index in [4.69, 9.17) is 9.47 Å². The molecule has 0 aromatic heterocycles. The van der Waals surface area contributed by atoms with Crippen molar-refractivity contribution in [2.45, 2.75) is 19.9 Å². The zero-order valence-corrected chi connectivity index (χ0v) is 12.2. The molecule has 0 bridgehead atoms. The Morgan fingerprint density at radius 3 is 3.05 bits per heavy atom. The number of fused-ring (bicyclic) bond motifs is 1. The number of hydrogen-bond donors (Lipinski definition) is 1. The quantitative estimate of drug-likeness (QED) is 0.890. The number of para-hydroxylation sites is 1. The van der Waals surface area contributed by atoms with Crippen molar-refractivity contribution in [2.75, 3.05) is 39.4 Å². The summed E-state index contributed by atoms with van der Waals surface area (Å²) < 4.78 is 11.4. The van der Waals surface area contributed by atoms with E-state index in [2.05, 4.69) is 23.2 Å². The van der Waals surface area contributed by atoms with Crippen molar-refractivity contribution in [3.05, 3.63) is 23.8 Å². The van der Waals surface area contributed by atoms with Crippen molar-refractivity contribution in [3.8, 4) is 11.5 Å². The first-order chi connectivity index (χ1) is 9.86. The van der Waals surface area contributed by atoms with Crippen LogP contribution in [0.4, 0.5) is 0 Å². The minimum absolute atomic E-state index is 0.651. The van der Waals surface area contributed by atoms with Gasteiger partial charge in [-0.2, -0.15) is 0 Å². The van der Waals surface area contributed by atoms with Crippen LogP contribution in [0.1, 0.15) is 18.9 Å². The molecule has 1 aromatic carbocycles. The standard InChI is InChI=1S/C16H24N2O2/c1-2-18-7-6-13(12-18)10-17-11-14-4-3-5-15-16(14)20-9-8-19-15/h3-5,13,17H,2,6-12H2,1H3/t13-/m1/s1. The number of ether oxygens (including phenoxy) is 2. The Labute approximate surface area is 121 Å². The molecule has 2 aliphatic rings. The summed E-state index contributed by atoms with van der Waals surface area (Å²) in [6, 6.07) is 6.14. The molecule has 0 amide bonds. The van der Waals surface area contributed by atoms with Crippen molar-refractivity contribution in [1.29, 1.82) is 0 Å². The maximum atomic E-state index is 5.74. The number of nitrogens with one attached hydrogen (secondary N) is 1. The second-order valence-electron chi connectivity index (χ2n) is 5.62. The van der Waals surface area contributed by atoms with Gasteiger partial charge in [-0.15, -0.1) is 0 Å². The summed E-state index contributed by atoms with van der Waals surface area (Å²) in [5.41, 5.74) is 1.20. The molecule has 20 heavy (non-hydrogen) atoms. The van der Waals surface area contributed by atoms with Crippen LogP contribution < -0.4 is 14.8 Å². The van der Waals surface area contributed by atoms with Crippen LogP contribution in [0.3, 0.4) is 0 Å². The van der Waals surface area contributed by atoms with Crippen molar-refractivity contribution >= 4 is 0 Å². The molecular weight excluding hydrogens is 252 g/mol. The molecule has 1 atom stereocenters. The molecule has 1 aromatic rings. The van der Waals surface area contributed by atoms with Crippen LogP contribution in [0, 0.1) is 5.92 Å². The van der Waals surface area contributed by atoms with E-state index in [-0.39, 0.29) is 0 Å². The first kappa shape index (κ1) is 13.7. The van der Waals surface area contributed by atoms with Gasteiger partial charge in [0.15, 0.2) is 11.5 Å². The lowest BCUT2D eigenvalue weighted by Crippen LogP contribution is -2.26. The molecule has 4 heteroatoms. The zero-order valence-electron chi connectivity index (χ0n) is 12.2. The number of hydrogen-bond acceptors (Lipinski definition) is 4. The van der Waals surface area contributed by atoms with Gasteiger partial charge in [0, 0.05) is 18.7 Å². The molecule has 0 radical (unpaired) electrons. The van der Waals surface area contributed by atoms with E-state index in [9.17, 15) is 0 Å². The summed E-state index contributed by atoms with van der Waals surface area (Å²) in [6.07, 6.45) is 1.31. The molecule has 0 saturated carbocycles. The fraction of sp³-hybridized carbons (Fsp3) is 0.625.